The van der Waals surface area contributed by atoms with Gasteiger partial charge in [0.2, 0.25) is 0 Å². The first-order valence-electron chi connectivity index (χ1n) is 3.97. The van der Waals surface area contributed by atoms with E-state index >= 15 is 0 Å². The predicted octanol–water partition coefficient (Wildman–Crippen LogP) is 1.90. The van der Waals surface area contributed by atoms with E-state index in [1.165, 1.54) is 0 Å². The van der Waals surface area contributed by atoms with Crippen LogP contribution in [0.4, 0.5) is 0 Å². The van der Waals surface area contributed by atoms with Gasteiger partial charge in [-0.15, -0.1) is 0 Å². The lowest BCUT2D eigenvalue weighted by atomic mass is 10.1. The Morgan fingerprint density at radius 1 is 1.50 bits per heavy atom. The number of aliphatic hydroxyl groups excluding tert-OH is 1. The molecule has 0 aliphatic heterocycles. The third-order valence-corrected chi connectivity index (χ3v) is 1.74. The first-order valence-corrected chi connectivity index (χ1v) is 3.97. The normalized spacial score (nSPS) is 11.1. The van der Waals surface area contributed by atoms with Gasteiger partial charge in [0.25, 0.3) is 0 Å². The lowest BCUT2D eigenvalue weighted by Crippen LogP contribution is -2.00. The highest BCUT2D eigenvalue weighted by molar-refractivity contribution is 5.32. The SMILES string of the molecule is N#Cc1ccc([C@H](O)CN=[N+]=[N-])cc1. The molecule has 1 atom stereocenters. The van der Waals surface area contributed by atoms with Gasteiger partial charge in [-0.25, -0.2) is 0 Å². The first-order chi connectivity index (χ1) is 6.77. The summed E-state index contributed by atoms with van der Waals surface area (Å²) < 4.78 is 0. The van der Waals surface area contributed by atoms with Gasteiger partial charge < -0.3 is 5.11 Å². The van der Waals surface area contributed by atoms with Crippen LogP contribution in [0.1, 0.15) is 17.2 Å². The van der Waals surface area contributed by atoms with Crippen LogP contribution >= 0.6 is 0 Å². The summed E-state index contributed by atoms with van der Waals surface area (Å²) >= 11 is 0. The molecule has 5 heteroatoms. The van der Waals surface area contributed by atoms with E-state index in [0.29, 0.717) is 11.1 Å². The minimum Gasteiger partial charge on any atom is -0.388 e. The fourth-order valence-corrected chi connectivity index (χ4v) is 0.999. The number of rotatable bonds is 3. The van der Waals surface area contributed by atoms with Crippen molar-refractivity contribution in [2.75, 3.05) is 6.54 Å². The number of nitrogens with zero attached hydrogens (tertiary/aromatic N) is 4. The fourth-order valence-electron chi connectivity index (χ4n) is 0.999. The molecule has 1 N–H and O–H groups in total. The van der Waals surface area contributed by atoms with Crippen molar-refractivity contribution < 1.29 is 5.11 Å². The third-order valence-electron chi connectivity index (χ3n) is 1.74. The summed E-state index contributed by atoms with van der Waals surface area (Å²) in [5, 5.41) is 21.3. The van der Waals surface area contributed by atoms with E-state index in [4.69, 9.17) is 10.8 Å². The molecular formula is C9H8N4O. The summed E-state index contributed by atoms with van der Waals surface area (Å²) in [6, 6.07) is 8.45. The van der Waals surface area contributed by atoms with Gasteiger partial charge in [0.1, 0.15) is 0 Å². The van der Waals surface area contributed by atoms with Crippen LogP contribution in [-0.2, 0) is 0 Å². The van der Waals surface area contributed by atoms with Crippen LogP contribution in [-0.4, -0.2) is 11.7 Å². The first kappa shape index (κ1) is 10.1. The van der Waals surface area contributed by atoms with Gasteiger partial charge in [-0.05, 0) is 23.2 Å². The van der Waals surface area contributed by atoms with Crippen LogP contribution in [0.2, 0.25) is 0 Å². The Balaban J connectivity index is 2.76. The van der Waals surface area contributed by atoms with Gasteiger partial charge in [-0.3, -0.25) is 0 Å². The van der Waals surface area contributed by atoms with E-state index in [1.807, 2.05) is 6.07 Å². The highest BCUT2D eigenvalue weighted by Gasteiger charge is 2.05. The van der Waals surface area contributed by atoms with Gasteiger partial charge >= 0.3 is 0 Å². The van der Waals surface area contributed by atoms with Crippen molar-refractivity contribution in [3.63, 3.8) is 0 Å². The minimum atomic E-state index is -0.807. The molecule has 1 aromatic carbocycles. The Morgan fingerprint density at radius 2 is 2.14 bits per heavy atom. The predicted molar refractivity (Wildman–Crippen MR) is 50.1 cm³/mol. The second-order valence-corrected chi connectivity index (χ2v) is 2.66. The maximum absolute atomic E-state index is 9.47. The molecule has 5 nitrogen and oxygen atoms in total. The van der Waals surface area contributed by atoms with Crippen LogP contribution in [0.5, 0.6) is 0 Å². The second-order valence-electron chi connectivity index (χ2n) is 2.66. The molecule has 0 saturated carbocycles. The summed E-state index contributed by atoms with van der Waals surface area (Å²) in [4.78, 5) is 2.55. The molecule has 14 heavy (non-hydrogen) atoms. The summed E-state index contributed by atoms with van der Waals surface area (Å²) in [5.74, 6) is 0. The summed E-state index contributed by atoms with van der Waals surface area (Å²) in [7, 11) is 0. The highest BCUT2D eigenvalue weighted by atomic mass is 16.3. The average Bonchev–Trinajstić information content (AvgIpc) is 2.26. The molecule has 0 aliphatic rings. The zero-order chi connectivity index (χ0) is 10.4. The molecular weight excluding hydrogens is 180 g/mol. The van der Waals surface area contributed by atoms with Crippen molar-refractivity contribution in [2.45, 2.75) is 6.10 Å². The van der Waals surface area contributed by atoms with Crippen molar-refractivity contribution in [1.29, 1.82) is 5.26 Å². The number of hydrogen-bond donors (Lipinski definition) is 1. The molecule has 0 aromatic heterocycles. The quantitative estimate of drug-likeness (QED) is 0.445. The maximum Gasteiger partial charge on any atom is 0.0991 e. The van der Waals surface area contributed by atoms with Crippen molar-refractivity contribution in [1.82, 2.24) is 0 Å². The monoisotopic (exact) mass is 188 g/mol. The summed E-state index contributed by atoms with van der Waals surface area (Å²) in [5.41, 5.74) is 9.22. The smallest absolute Gasteiger partial charge is 0.0991 e. The molecule has 0 bridgehead atoms. The number of azide groups is 1. The Kier molecular flexibility index (Phi) is 3.50. The molecule has 0 saturated heterocycles. The van der Waals surface area contributed by atoms with Crippen molar-refractivity contribution in [3.05, 3.63) is 45.8 Å². The van der Waals surface area contributed by atoms with Crippen molar-refractivity contribution in [2.24, 2.45) is 5.11 Å². The topological polar surface area (TPSA) is 92.8 Å². The summed E-state index contributed by atoms with van der Waals surface area (Å²) in [6.07, 6.45) is -0.807. The molecule has 0 unspecified atom stereocenters. The van der Waals surface area contributed by atoms with E-state index in [2.05, 4.69) is 10.0 Å². The highest BCUT2D eigenvalue weighted by Crippen LogP contribution is 2.13. The van der Waals surface area contributed by atoms with Gasteiger partial charge in [-0.1, -0.05) is 17.2 Å². The zero-order valence-electron chi connectivity index (χ0n) is 7.33. The third kappa shape index (κ3) is 2.49. The van der Waals surface area contributed by atoms with E-state index in [1.54, 1.807) is 24.3 Å². The van der Waals surface area contributed by atoms with E-state index in [-0.39, 0.29) is 6.54 Å². The standard InChI is InChI=1S/C9H8N4O/c10-5-7-1-3-8(4-2-7)9(14)6-12-13-11/h1-4,9,14H,6H2/t9-/m1/s1. The van der Waals surface area contributed by atoms with Crippen LogP contribution in [0.3, 0.4) is 0 Å². The van der Waals surface area contributed by atoms with Gasteiger partial charge in [0.15, 0.2) is 0 Å². The van der Waals surface area contributed by atoms with E-state index in [0.717, 1.165) is 0 Å². The molecule has 1 aromatic rings. The Labute approximate surface area is 80.8 Å². The lowest BCUT2D eigenvalue weighted by molar-refractivity contribution is 0.187. The second kappa shape index (κ2) is 4.87. The van der Waals surface area contributed by atoms with E-state index in [9.17, 15) is 5.11 Å². The number of hydrogen-bond acceptors (Lipinski definition) is 3. The van der Waals surface area contributed by atoms with Crippen LogP contribution in [0, 0.1) is 11.3 Å². The molecule has 0 aliphatic carbocycles. The molecule has 0 spiro atoms. The number of nitriles is 1. The molecule has 0 amide bonds. The maximum atomic E-state index is 9.47. The molecule has 0 fully saturated rings. The van der Waals surface area contributed by atoms with E-state index < -0.39 is 6.10 Å². The zero-order valence-corrected chi connectivity index (χ0v) is 7.33. The Hall–Kier alpha value is -2.02. The summed E-state index contributed by atoms with van der Waals surface area (Å²) in [6.45, 7) is 0.00238. The molecule has 0 radical (unpaired) electrons. The van der Waals surface area contributed by atoms with Crippen LogP contribution < -0.4 is 0 Å². The molecule has 0 heterocycles. The largest absolute Gasteiger partial charge is 0.388 e. The average molecular weight is 188 g/mol. The van der Waals surface area contributed by atoms with Crippen molar-refractivity contribution in [3.8, 4) is 6.07 Å². The Morgan fingerprint density at radius 3 is 2.64 bits per heavy atom. The lowest BCUT2D eigenvalue weighted by Gasteiger charge is -2.06. The Bertz CT molecular complexity index is 386. The fraction of sp³-hybridized carbons (Fsp3) is 0.222. The van der Waals surface area contributed by atoms with Crippen molar-refractivity contribution >= 4 is 0 Å². The molecule has 70 valence electrons. The van der Waals surface area contributed by atoms with Gasteiger partial charge in [0.05, 0.1) is 24.3 Å². The van der Waals surface area contributed by atoms with Crippen LogP contribution in [0.15, 0.2) is 29.4 Å². The molecule has 1 rings (SSSR count). The minimum absolute atomic E-state index is 0.00238. The number of benzene rings is 1. The van der Waals surface area contributed by atoms with Gasteiger partial charge in [0, 0.05) is 4.91 Å². The van der Waals surface area contributed by atoms with Gasteiger partial charge in [-0.2, -0.15) is 5.26 Å². The van der Waals surface area contributed by atoms with Crippen LogP contribution in [0.25, 0.3) is 10.4 Å². The number of aliphatic hydroxyl groups is 1.